The Kier molecular flexibility index (Phi) is 4.55. The number of hydrogen-bond acceptors (Lipinski definition) is 5. The van der Waals surface area contributed by atoms with Crippen LogP contribution in [0, 0.1) is 0 Å². The maximum atomic E-state index is 12.8. The van der Waals surface area contributed by atoms with E-state index in [4.69, 9.17) is 0 Å². The van der Waals surface area contributed by atoms with Gasteiger partial charge in [0.2, 0.25) is 5.91 Å². The first-order chi connectivity index (χ1) is 12.7. The number of carbonyl (C=O) groups is 1. The number of benzene rings is 1. The van der Waals surface area contributed by atoms with Gasteiger partial charge in [-0.25, -0.2) is 0 Å². The van der Waals surface area contributed by atoms with Gasteiger partial charge >= 0.3 is 0 Å². The summed E-state index contributed by atoms with van der Waals surface area (Å²) in [5, 5.41) is 12.4. The molecule has 0 saturated heterocycles. The molecular weight excluding hydrogens is 348 g/mol. The van der Waals surface area contributed by atoms with Crippen molar-refractivity contribution in [1.82, 2.24) is 15.0 Å². The molecular formula is C19H20N4O2S. The van der Waals surface area contributed by atoms with Crippen LogP contribution in [0.5, 0.6) is 0 Å². The first-order valence-electron chi connectivity index (χ1n) is 8.94. The standard InChI is InChI=1S/C19H20N4O2S/c1-2-15(23-19(25)13-8-4-5-9-14(13)21-22-23)18(24)20-17-11-12-7-3-6-10-16(12)26-17/h4-5,8-9,11,15H,2-3,6-7,10H2,1H3,(H,20,24)/t15-/m0/s1. The van der Waals surface area contributed by atoms with E-state index in [1.165, 1.54) is 28.0 Å². The third-order valence-electron chi connectivity index (χ3n) is 4.82. The van der Waals surface area contributed by atoms with Crippen molar-refractivity contribution in [3.8, 4) is 0 Å². The highest BCUT2D eigenvalue weighted by atomic mass is 32.1. The zero-order valence-electron chi connectivity index (χ0n) is 14.6. The topological polar surface area (TPSA) is 76.9 Å². The molecule has 0 saturated carbocycles. The second kappa shape index (κ2) is 6.99. The molecule has 6 nitrogen and oxygen atoms in total. The molecule has 2 heterocycles. The van der Waals surface area contributed by atoms with E-state index in [2.05, 4.69) is 21.7 Å². The van der Waals surface area contributed by atoms with Crippen LogP contribution in [-0.2, 0) is 17.6 Å². The molecule has 0 radical (unpaired) electrons. The summed E-state index contributed by atoms with van der Waals surface area (Å²) in [6, 6.07) is 8.43. The van der Waals surface area contributed by atoms with Gasteiger partial charge in [0.25, 0.3) is 5.56 Å². The van der Waals surface area contributed by atoms with Gasteiger partial charge in [-0.2, -0.15) is 4.68 Å². The summed E-state index contributed by atoms with van der Waals surface area (Å²) in [7, 11) is 0. The van der Waals surface area contributed by atoms with Crippen LogP contribution < -0.4 is 10.9 Å². The molecule has 1 aliphatic rings. The van der Waals surface area contributed by atoms with Gasteiger partial charge in [-0.05, 0) is 55.9 Å². The van der Waals surface area contributed by atoms with Gasteiger partial charge in [-0.15, -0.1) is 16.4 Å². The highest BCUT2D eigenvalue weighted by molar-refractivity contribution is 7.16. The number of thiophene rings is 1. The molecule has 4 rings (SSSR count). The van der Waals surface area contributed by atoms with Crippen LogP contribution >= 0.6 is 11.3 Å². The largest absolute Gasteiger partial charge is 0.316 e. The SMILES string of the molecule is CC[C@@H](C(=O)Nc1cc2c(s1)CCCC2)n1nnc2ccccc2c1=O. The summed E-state index contributed by atoms with van der Waals surface area (Å²) in [6.45, 7) is 1.87. The number of aryl methyl sites for hydroxylation is 2. The lowest BCUT2D eigenvalue weighted by atomic mass is 10.00. The number of fused-ring (bicyclic) bond motifs is 2. The number of hydrogen-bond donors (Lipinski definition) is 1. The Hall–Kier alpha value is -2.54. The van der Waals surface area contributed by atoms with Crippen molar-refractivity contribution in [3.63, 3.8) is 0 Å². The van der Waals surface area contributed by atoms with E-state index in [0.717, 1.165) is 17.8 Å². The minimum absolute atomic E-state index is 0.224. The van der Waals surface area contributed by atoms with Crippen molar-refractivity contribution in [3.05, 3.63) is 51.1 Å². The number of amides is 1. The van der Waals surface area contributed by atoms with Gasteiger partial charge in [0.05, 0.1) is 10.4 Å². The fourth-order valence-corrected chi connectivity index (χ4v) is 4.59. The van der Waals surface area contributed by atoms with Crippen molar-refractivity contribution in [1.29, 1.82) is 0 Å². The fraction of sp³-hybridized carbons (Fsp3) is 0.368. The summed E-state index contributed by atoms with van der Waals surface area (Å²) < 4.78 is 1.20. The van der Waals surface area contributed by atoms with E-state index in [9.17, 15) is 9.59 Å². The van der Waals surface area contributed by atoms with E-state index in [1.54, 1.807) is 29.5 Å². The summed E-state index contributed by atoms with van der Waals surface area (Å²) in [6.07, 6.45) is 5.04. The van der Waals surface area contributed by atoms with Crippen LogP contribution in [0.2, 0.25) is 0 Å². The summed E-state index contributed by atoms with van der Waals surface area (Å²) in [4.78, 5) is 26.9. The minimum Gasteiger partial charge on any atom is -0.316 e. The van der Waals surface area contributed by atoms with E-state index in [1.807, 2.05) is 13.0 Å². The monoisotopic (exact) mass is 368 g/mol. The van der Waals surface area contributed by atoms with Crippen LogP contribution in [0.1, 0.15) is 42.7 Å². The summed E-state index contributed by atoms with van der Waals surface area (Å²) in [5.74, 6) is -0.224. The Labute approximate surface area is 154 Å². The van der Waals surface area contributed by atoms with Crippen molar-refractivity contribution in [2.45, 2.75) is 45.1 Å². The molecule has 3 aromatic rings. The Balaban J connectivity index is 1.62. The van der Waals surface area contributed by atoms with Crippen molar-refractivity contribution >= 4 is 33.1 Å². The Bertz CT molecular complexity index is 1000. The van der Waals surface area contributed by atoms with Gasteiger partial charge in [0.15, 0.2) is 0 Å². The molecule has 0 aliphatic heterocycles. The Morgan fingerprint density at radius 1 is 1.31 bits per heavy atom. The second-order valence-electron chi connectivity index (χ2n) is 6.54. The lowest BCUT2D eigenvalue weighted by Gasteiger charge is -2.15. The van der Waals surface area contributed by atoms with E-state index in [-0.39, 0.29) is 11.5 Å². The molecule has 1 amide bonds. The molecule has 2 aromatic heterocycles. The molecule has 0 spiro atoms. The number of rotatable bonds is 4. The molecule has 1 aromatic carbocycles. The number of carbonyl (C=O) groups excluding carboxylic acids is 1. The molecule has 1 atom stereocenters. The predicted octanol–water partition coefficient (Wildman–Crippen LogP) is 3.32. The van der Waals surface area contributed by atoms with Crippen LogP contribution in [0.15, 0.2) is 35.1 Å². The van der Waals surface area contributed by atoms with Crippen LogP contribution in [-0.4, -0.2) is 20.9 Å². The van der Waals surface area contributed by atoms with Crippen molar-refractivity contribution < 1.29 is 4.79 Å². The Morgan fingerprint density at radius 2 is 2.12 bits per heavy atom. The number of nitrogens with zero attached hydrogens (tertiary/aromatic N) is 3. The summed E-state index contributed by atoms with van der Waals surface area (Å²) in [5.41, 5.74) is 1.59. The second-order valence-corrected chi connectivity index (χ2v) is 7.67. The van der Waals surface area contributed by atoms with Gasteiger partial charge in [-0.3, -0.25) is 9.59 Å². The number of aromatic nitrogens is 3. The zero-order valence-corrected chi connectivity index (χ0v) is 15.4. The minimum atomic E-state index is -0.682. The van der Waals surface area contributed by atoms with E-state index < -0.39 is 6.04 Å². The van der Waals surface area contributed by atoms with Crippen LogP contribution in [0.3, 0.4) is 0 Å². The van der Waals surface area contributed by atoms with Gasteiger partial charge < -0.3 is 5.32 Å². The highest BCUT2D eigenvalue weighted by Gasteiger charge is 2.23. The molecule has 0 unspecified atom stereocenters. The zero-order chi connectivity index (χ0) is 18.1. The smallest absolute Gasteiger partial charge is 0.278 e. The summed E-state index contributed by atoms with van der Waals surface area (Å²) >= 11 is 1.64. The maximum absolute atomic E-state index is 12.8. The molecule has 0 bridgehead atoms. The first-order valence-corrected chi connectivity index (χ1v) is 9.75. The van der Waals surface area contributed by atoms with Crippen LogP contribution in [0.25, 0.3) is 10.9 Å². The number of nitrogens with one attached hydrogen (secondary N) is 1. The normalized spacial score (nSPS) is 14.8. The first kappa shape index (κ1) is 16.9. The molecule has 134 valence electrons. The van der Waals surface area contributed by atoms with Crippen molar-refractivity contribution in [2.75, 3.05) is 5.32 Å². The lowest BCUT2D eigenvalue weighted by Crippen LogP contribution is -2.35. The highest BCUT2D eigenvalue weighted by Crippen LogP contribution is 2.33. The third kappa shape index (κ3) is 3.03. The van der Waals surface area contributed by atoms with E-state index in [0.29, 0.717) is 17.3 Å². The number of anilines is 1. The maximum Gasteiger partial charge on any atom is 0.278 e. The molecule has 1 N–H and O–H groups in total. The average molecular weight is 368 g/mol. The molecule has 0 fully saturated rings. The van der Waals surface area contributed by atoms with Gasteiger partial charge in [0.1, 0.15) is 11.6 Å². The van der Waals surface area contributed by atoms with Gasteiger partial charge in [0, 0.05) is 4.88 Å². The van der Waals surface area contributed by atoms with E-state index >= 15 is 0 Å². The van der Waals surface area contributed by atoms with Crippen molar-refractivity contribution in [2.24, 2.45) is 0 Å². The predicted molar refractivity (Wildman–Crippen MR) is 103 cm³/mol. The fourth-order valence-electron chi connectivity index (χ4n) is 3.43. The Morgan fingerprint density at radius 3 is 2.92 bits per heavy atom. The molecule has 26 heavy (non-hydrogen) atoms. The lowest BCUT2D eigenvalue weighted by molar-refractivity contribution is -0.119. The molecule has 1 aliphatic carbocycles. The third-order valence-corrected chi connectivity index (χ3v) is 5.97. The van der Waals surface area contributed by atoms with Crippen LogP contribution in [0.4, 0.5) is 5.00 Å². The van der Waals surface area contributed by atoms with Gasteiger partial charge in [-0.1, -0.05) is 24.3 Å². The average Bonchev–Trinajstić information content (AvgIpc) is 3.06. The molecule has 7 heteroatoms. The quantitative estimate of drug-likeness (QED) is 0.766.